The summed E-state index contributed by atoms with van der Waals surface area (Å²) in [6, 6.07) is 9.40. The van der Waals surface area contributed by atoms with Crippen molar-refractivity contribution < 1.29 is 18.7 Å². The standard InChI is InChI=1S/C16H10ClNO5/c1-21-12-4-2-3-9-7-11(16(20)23-14(9)12)15(19)22-13-6-5-10(17)8-18-13/h2-8H,1H3. The van der Waals surface area contributed by atoms with E-state index in [0.717, 1.165) is 0 Å². The molecule has 0 aliphatic heterocycles. The van der Waals surface area contributed by atoms with Crippen LogP contribution in [0.3, 0.4) is 0 Å². The number of hydrogen-bond acceptors (Lipinski definition) is 6. The van der Waals surface area contributed by atoms with Gasteiger partial charge in [0.2, 0.25) is 5.88 Å². The van der Waals surface area contributed by atoms with Crippen molar-refractivity contribution in [2.24, 2.45) is 0 Å². The molecule has 2 aromatic heterocycles. The highest BCUT2D eigenvalue weighted by molar-refractivity contribution is 6.30. The molecule has 0 fully saturated rings. The lowest BCUT2D eigenvalue weighted by Crippen LogP contribution is -2.19. The Hall–Kier alpha value is -2.86. The van der Waals surface area contributed by atoms with Crippen LogP contribution < -0.4 is 15.1 Å². The van der Waals surface area contributed by atoms with Gasteiger partial charge in [-0.15, -0.1) is 0 Å². The Morgan fingerprint density at radius 2 is 2.09 bits per heavy atom. The molecule has 0 spiro atoms. The number of methoxy groups -OCH3 is 1. The van der Waals surface area contributed by atoms with E-state index < -0.39 is 11.6 Å². The molecule has 1 aromatic carbocycles. The molecule has 0 amide bonds. The maximum Gasteiger partial charge on any atom is 0.352 e. The van der Waals surface area contributed by atoms with Crippen molar-refractivity contribution in [1.29, 1.82) is 0 Å². The minimum atomic E-state index is -0.863. The summed E-state index contributed by atoms with van der Waals surface area (Å²) in [4.78, 5) is 28.0. The highest BCUT2D eigenvalue weighted by atomic mass is 35.5. The van der Waals surface area contributed by atoms with E-state index in [1.807, 2.05) is 0 Å². The second-order valence-corrected chi connectivity index (χ2v) is 4.97. The molecular formula is C16H10ClNO5. The number of benzene rings is 1. The molecule has 0 aliphatic carbocycles. The van der Waals surface area contributed by atoms with Crippen molar-refractivity contribution in [1.82, 2.24) is 4.98 Å². The van der Waals surface area contributed by atoms with Gasteiger partial charge in [0.25, 0.3) is 0 Å². The van der Waals surface area contributed by atoms with Gasteiger partial charge in [-0.2, -0.15) is 0 Å². The lowest BCUT2D eigenvalue weighted by atomic mass is 10.2. The summed E-state index contributed by atoms with van der Waals surface area (Å²) in [5.41, 5.74) is -0.787. The number of ether oxygens (including phenoxy) is 2. The Labute approximate surface area is 135 Å². The molecule has 0 bridgehead atoms. The SMILES string of the molecule is COc1cccc2cc(C(=O)Oc3ccc(Cl)cn3)c(=O)oc12. The minimum absolute atomic E-state index is 0.0320. The molecular weight excluding hydrogens is 322 g/mol. The van der Waals surface area contributed by atoms with Gasteiger partial charge in [0.1, 0.15) is 5.56 Å². The molecule has 3 aromatic rings. The second-order valence-electron chi connectivity index (χ2n) is 4.53. The molecule has 0 atom stereocenters. The van der Waals surface area contributed by atoms with Crippen LogP contribution in [0.2, 0.25) is 5.02 Å². The molecule has 0 saturated heterocycles. The lowest BCUT2D eigenvalue weighted by molar-refractivity contribution is 0.0723. The third-order valence-electron chi connectivity index (χ3n) is 3.06. The Kier molecular flexibility index (Phi) is 3.99. The number of nitrogens with zero attached hydrogens (tertiary/aromatic N) is 1. The number of halogens is 1. The number of esters is 1. The summed E-state index contributed by atoms with van der Waals surface area (Å²) in [5.74, 6) is -0.429. The van der Waals surface area contributed by atoms with Crippen molar-refractivity contribution >= 4 is 28.5 Å². The van der Waals surface area contributed by atoms with Crippen LogP contribution in [0.4, 0.5) is 0 Å². The van der Waals surface area contributed by atoms with Crippen LogP contribution in [0.1, 0.15) is 10.4 Å². The van der Waals surface area contributed by atoms with Crippen LogP contribution >= 0.6 is 11.6 Å². The number of rotatable bonds is 3. The summed E-state index contributed by atoms with van der Waals surface area (Å²) in [6.07, 6.45) is 1.33. The quantitative estimate of drug-likeness (QED) is 0.542. The zero-order valence-electron chi connectivity index (χ0n) is 11.9. The smallest absolute Gasteiger partial charge is 0.352 e. The molecule has 23 heavy (non-hydrogen) atoms. The largest absolute Gasteiger partial charge is 0.493 e. The number of para-hydroxylation sites is 1. The monoisotopic (exact) mass is 331 g/mol. The van der Waals surface area contributed by atoms with Gasteiger partial charge in [0.15, 0.2) is 11.3 Å². The zero-order valence-corrected chi connectivity index (χ0v) is 12.7. The molecule has 0 N–H and O–H groups in total. The Balaban J connectivity index is 1.99. The normalized spacial score (nSPS) is 10.5. The summed E-state index contributed by atoms with van der Waals surface area (Å²) in [6.45, 7) is 0. The predicted molar refractivity (Wildman–Crippen MR) is 83.2 cm³/mol. The molecule has 116 valence electrons. The van der Waals surface area contributed by atoms with E-state index in [0.29, 0.717) is 16.2 Å². The summed E-state index contributed by atoms with van der Waals surface area (Å²) in [5, 5.41) is 0.946. The number of carbonyl (C=O) groups excluding carboxylic acids is 1. The van der Waals surface area contributed by atoms with Crippen molar-refractivity contribution in [3.63, 3.8) is 0 Å². The van der Waals surface area contributed by atoms with Gasteiger partial charge in [-0.1, -0.05) is 23.7 Å². The maximum atomic E-state index is 12.1. The van der Waals surface area contributed by atoms with E-state index in [1.54, 1.807) is 18.2 Å². The Morgan fingerprint density at radius 3 is 2.78 bits per heavy atom. The highest BCUT2D eigenvalue weighted by Gasteiger charge is 2.18. The van der Waals surface area contributed by atoms with Crippen molar-refractivity contribution in [2.75, 3.05) is 7.11 Å². The van der Waals surface area contributed by atoms with E-state index in [1.165, 1.54) is 31.5 Å². The van der Waals surface area contributed by atoms with Crippen LogP contribution in [0, 0.1) is 0 Å². The van der Waals surface area contributed by atoms with Gasteiger partial charge in [0, 0.05) is 17.6 Å². The topological polar surface area (TPSA) is 78.6 Å². The number of carbonyl (C=O) groups is 1. The third-order valence-corrected chi connectivity index (χ3v) is 3.28. The summed E-state index contributed by atoms with van der Waals surface area (Å²) in [7, 11) is 1.46. The van der Waals surface area contributed by atoms with Crippen LogP contribution in [-0.4, -0.2) is 18.1 Å². The number of fused-ring (bicyclic) bond motifs is 1. The van der Waals surface area contributed by atoms with E-state index in [4.69, 9.17) is 25.5 Å². The van der Waals surface area contributed by atoms with Crippen molar-refractivity contribution in [3.05, 3.63) is 63.6 Å². The minimum Gasteiger partial charge on any atom is -0.493 e. The molecule has 0 aliphatic rings. The first kappa shape index (κ1) is 15.1. The fraction of sp³-hybridized carbons (Fsp3) is 0.0625. The van der Waals surface area contributed by atoms with Gasteiger partial charge in [-0.05, 0) is 18.2 Å². The molecule has 0 radical (unpaired) electrons. The fourth-order valence-corrected chi connectivity index (χ4v) is 2.11. The second kappa shape index (κ2) is 6.10. The summed E-state index contributed by atoms with van der Waals surface area (Å²) >= 11 is 5.70. The van der Waals surface area contributed by atoms with Crippen molar-refractivity contribution in [3.8, 4) is 11.6 Å². The molecule has 0 unspecified atom stereocenters. The first-order chi connectivity index (χ1) is 11.1. The first-order valence-corrected chi connectivity index (χ1v) is 6.91. The lowest BCUT2D eigenvalue weighted by Gasteiger charge is -2.06. The van der Waals surface area contributed by atoms with Gasteiger partial charge in [0.05, 0.1) is 12.1 Å². The van der Waals surface area contributed by atoms with E-state index in [2.05, 4.69) is 4.98 Å². The van der Waals surface area contributed by atoms with Gasteiger partial charge in [-0.3, -0.25) is 0 Å². The van der Waals surface area contributed by atoms with Gasteiger partial charge < -0.3 is 13.9 Å². The Morgan fingerprint density at radius 1 is 1.26 bits per heavy atom. The Bertz CT molecular complexity index is 933. The molecule has 3 rings (SSSR count). The van der Waals surface area contributed by atoms with Crippen molar-refractivity contribution in [2.45, 2.75) is 0 Å². The molecule has 0 saturated carbocycles. The van der Waals surface area contributed by atoms with Crippen LogP contribution in [0.5, 0.6) is 11.6 Å². The number of aromatic nitrogens is 1. The third kappa shape index (κ3) is 3.02. The van der Waals surface area contributed by atoms with E-state index in [9.17, 15) is 9.59 Å². The molecule has 2 heterocycles. The van der Waals surface area contributed by atoms with Gasteiger partial charge >= 0.3 is 11.6 Å². The first-order valence-electron chi connectivity index (χ1n) is 6.53. The van der Waals surface area contributed by atoms with Crippen LogP contribution in [0.15, 0.2) is 51.8 Å². The van der Waals surface area contributed by atoms with Crippen LogP contribution in [0.25, 0.3) is 11.0 Å². The zero-order chi connectivity index (χ0) is 16.4. The van der Waals surface area contributed by atoms with E-state index in [-0.39, 0.29) is 17.0 Å². The van der Waals surface area contributed by atoms with E-state index >= 15 is 0 Å². The maximum absolute atomic E-state index is 12.1. The fourth-order valence-electron chi connectivity index (χ4n) is 1.99. The van der Waals surface area contributed by atoms with Gasteiger partial charge in [-0.25, -0.2) is 14.6 Å². The molecule has 6 nitrogen and oxygen atoms in total. The predicted octanol–water partition coefficient (Wildman–Crippen LogP) is 3.07. The van der Waals surface area contributed by atoms with Crippen LogP contribution in [-0.2, 0) is 0 Å². The highest BCUT2D eigenvalue weighted by Crippen LogP contribution is 2.24. The average molecular weight is 332 g/mol. The molecule has 7 heteroatoms. The average Bonchev–Trinajstić information content (AvgIpc) is 2.55. The summed E-state index contributed by atoms with van der Waals surface area (Å²) < 4.78 is 15.3. The number of hydrogen-bond donors (Lipinski definition) is 0. The number of pyridine rings is 1.